The van der Waals surface area contributed by atoms with E-state index in [0.717, 1.165) is 10.6 Å². The first-order valence-electron chi connectivity index (χ1n) is 11.2. The van der Waals surface area contributed by atoms with E-state index in [2.05, 4.69) is 25.9 Å². The van der Waals surface area contributed by atoms with E-state index in [1.165, 1.54) is 40.3 Å². The average Bonchev–Trinajstić information content (AvgIpc) is 2.86. The molecule has 0 bridgehead atoms. The van der Waals surface area contributed by atoms with Crippen LogP contribution in [-0.2, 0) is 27.5 Å². The Hall–Kier alpha value is -4.27. The van der Waals surface area contributed by atoms with Gasteiger partial charge in [0.2, 0.25) is 21.9 Å². The quantitative estimate of drug-likeness (QED) is 0.329. The zero-order valence-electron chi connectivity index (χ0n) is 21.7. The molecule has 3 rings (SSSR count). The predicted molar refractivity (Wildman–Crippen MR) is 141 cm³/mol. The van der Waals surface area contributed by atoms with Crippen LogP contribution in [0.2, 0.25) is 0 Å². The summed E-state index contributed by atoms with van der Waals surface area (Å²) in [5, 5.41) is 8.07. The first kappa shape index (κ1) is 29.3. The summed E-state index contributed by atoms with van der Waals surface area (Å²) in [6.07, 6.45) is -3.12. The maximum absolute atomic E-state index is 13.7. The number of nitrogens with one attached hydrogen (secondary N) is 3. The minimum Gasteiger partial charge on any atom is -0.497 e. The van der Waals surface area contributed by atoms with Crippen molar-refractivity contribution in [2.45, 2.75) is 19.6 Å². The summed E-state index contributed by atoms with van der Waals surface area (Å²) in [6, 6.07) is 9.20. The molecule has 0 saturated carbocycles. The zero-order chi connectivity index (χ0) is 29.0. The maximum atomic E-state index is 13.7. The Bertz CT molecular complexity index is 1470. The lowest BCUT2D eigenvalue weighted by molar-refractivity contribution is -0.137. The minimum atomic E-state index is -4.77. The number of ether oxygens (including phenoxy) is 2. The van der Waals surface area contributed by atoms with Gasteiger partial charge in [-0.15, -0.1) is 0 Å². The second kappa shape index (κ2) is 11.6. The van der Waals surface area contributed by atoms with Gasteiger partial charge in [0.05, 0.1) is 31.9 Å². The number of hydrogen-bond donors (Lipinski definition) is 3. The maximum Gasteiger partial charge on any atom is 0.421 e. The number of alkyl halides is 3. The van der Waals surface area contributed by atoms with Gasteiger partial charge in [-0.05, 0) is 23.8 Å². The Morgan fingerprint density at radius 1 is 1.10 bits per heavy atom. The molecule has 2 aromatic carbocycles. The molecule has 1 aromatic heterocycles. The summed E-state index contributed by atoms with van der Waals surface area (Å²) >= 11 is 0. The van der Waals surface area contributed by atoms with Crippen molar-refractivity contribution >= 4 is 44.8 Å². The number of benzene rings is 2. The molecule has 0 spiro atoms. The molecular weight excluding hydrogens is 541 g/mol. The van der Waals surface area contributed by atoms with Crippen LogP contribution in [0.25, 0.3) is 0 Å². The van der Waals surface area contributed by atoms with Crippen LogP contribution in [0, 0.1) is 0 Å². The molecule has 0 saturated heterocycles. The molecule has 3 aromatic rings. The van der Waals surface area contributed by atoms with Gasteiger partial charge >= 0.3 is 6.18 Å². The number of hydrogen-bond acceptors (Lipinski definition) is 9. The number of sulfonamides is 1. The third kappa shape index (κ3) is 7.40. The van der Waals surface area contributed by atoms with Gasteiger partial charge in [0.1, 0.15) is 22.9 Å². The van der Waals surface area contributed by atoms with Gasteiger partial charge in [-0.2, -0.15) is 18.2 Å². The van der Waals surface area contributed by atoms with Crippen molar-refractivity contribution in [3.8, 4) is 11.5 Å². The van der Waals surface area contributed by atoms with Crippen molar-refractivity contribution in [2.24, 2.45) is 0 Å². The van der Waals surface area contributed by atoms with Crippen LogP contribution in [0.15, 0.2) is 42.6 Å². The molecule has 0 aliphatic carbocycles. The Labute approximate surface area is 223 Å². The van der Waals surface area contributed by atoms with Crippen molar-refractivity contribution < 1.29 is 35.9 Å². The lowest BCUT2D eigenvalue weighted by atomic mass is 10.1. The van der Waals surface area contributed by atoms with Gasteiger partial charge in [0, 0.05) is 44.5 Å². The minimum absolute atomic E-state index is 0.150. The van der Waals surface area contributed by atoms with E-state index in [1.807, 2.05) is 0 Å². The van der Waals surface area contributed by atoms with Gasteiger partial charge in [-0.25, -0.2) is 13.4 Å². The first-order valence-corrected chi connectivity index (χ1v) is 13.1. The van der Waals surface area contributed by atoms with E-state index in [1.54, 1.807) is 24.3 Å². The lowest BCUT2D eigenvalue weighted by Crippen LogP contribution is -2.26. The van der Waals surface area contributed by atoms with Crippen LogP contribution in [0.5, 0.6) is 11.5 Å². The second-order valence-corrected chi connectivity index (χ2v) is 10.3. The number of methoxy groups -OCH3 is 2. The molecule has 0 atom stereocenters. The number of amides is 1. The molecular formula is C24H27F3N6O5S. The number of carbonyl (C=O) groups is 1. The zero-order valence-corrected chi connectivity index (χ0v) is 22.5. The standard InChI is InChI=1S/C24H27F3N6O5S/c1-14(34)30-19-9-7-16(10-21(19)38-4)31-23-29-13-18(24(25,26)27)22(32-23)28-12-15-6-8-17(37-3)11-20(15)33(2)39(5,35)36/h6-11,13H,12H2,1-5H3,(H,30,34)(H2,28,29,31,32). The fraction of sp³-hybridized carbons (Fsp3) is 0.292. The van der Waals surface area contributed by atoms with Gasteiger partial charge < -0.3 is 25.4 Å². The summed E-state index contributed by atoms with van der Waals surface area (Å²) in [4.78, 5) is 19.2. The number of nitrogens with zero attached hydrogens (tertiary/aromatic N) is 3. The summed E-state index contributed by atoms with van der Waals surface area (Å²) in [5.74, 6) is -0.302. The van der Waals surface area contributed by atoms with Crippen LogP contribution in [0.4, 0.5) is 42.0 Å². The van der Waals surface area contributed by atoms with Crippen molar-refractivity contribution in [3.05, 3.63) is 53.7 Å². The van der Waals surface area contributed by atoms with E-state index in [0.29, 0.717) is 34.6 Å². The average molecular weight is 569 g/mol. The highest BCUT2D eigenvalue weighted by Gasteiger charge is 2.35. The third-order valence-corrected chi connectivity index (χ3v) is 6.63. The van der Waals surface area contributed by atoms with Crippen molar-refractivity contribution in [2.75, 3.05) is 47.8 Å². The summed E-state index contributed by atoms with van der Waals surface area (Å²) in [5.41, 5.74) is 0.276. The first-order chi connectivity index (χ1) is 18.2. The Morgan fingerprint density at radius 3 is 2.41 bits per heavy atom. The molecule has 210 valence electrons. The summed E-state index contributed by atoms with van der Waals surface area (Å²) in [6.45, 7) is 1.14. The van der Waals surface area contributed by atoms with Crippen molar-refractivity contribution in [1.82, 2.24) is 9.97 Å². The highest BCUT2D eigenvalue weighted by Crippen LogP contribution is 2.36. The van der Waals surface area contributed by atoms with Gasteiger partial charge in [0.25, 0.3) is 0 Å². The smallest absolute Gasteiger partial charge is 0.421 e. The van der Waals surface area contributed by atoms with E-state index in [-0.39, 0.29) is 24.1 Å². The molecule has 15 heteroatoms. The number of halogens is 3. The largest absolute Gasteiger partial charge is 0.497 e. The van der Waals surface area contributed by atoms with E-state index >= 15 is 0 Å². The fourth-order valence-electron chi connectivity index (χ4n) is 3.45. The Kier molecular flexibility index (Phi) is 8.74. The SMILES string of the molecule is COc1ccc(CNc2nc(Nc3ccc(NC(C)=O)c(OC)c3)ncc2C(F)(F)F)c(N(C)S(C)(=O)=O)c1. The molecule has 1 heterocycles. The van der Waals surface area contributed by atoms with Crippen LogP contribution < -0.4 is 29.7 Å². The molecule has 0 unspecified atom stereocenters. The normalized spacial score (nSPS) is 11.5. The lowest BCUT2D eigenvalue weighted by Gasteiger charge is -2.22. The second-order valence-electron chi connectivity index (χ2n) is 8.25. The monoisotopic (exact) mass is 568 g/mol. The van der Waals surface area contributed by atoms with Crippen LogP contribution >= 0.6 is 0 Å². The summed E-state index contributed by atoms with van der Waals surface area (Å²) < 4.78 is 76.9. The topological polar surface area (TPSA) is 135 Å². The number of aromatic nitrogens is 2. The van der Waals surface area contributed by atoms with Crippen LogP contribution in [0.3, 0.4) is 0 Å². The molecule has 0 aliphatic heterocycles. The Balaban J connectivity index is 1.94. The molecule has 0 aliphatic rings. The van der Waals surface area contributed by atoms with Crippen molar-refractivity contribution in [1.29, 1.82) is 0 Å². The summed E-state index contributed by atoms with van der Waals surface area (Å²) in [7, 11) is 0.459. The molecule has 3 N–H and O–H groups in total. The van der Waals surface area contributed by atoms with Crippen molar-refractivity contribution in [3.63, 3.8) is 0 Å². The highest BCUT2D eigenvalue weighted by atomic mass is 32.2. The van der Waals surface area contributed by atoms with Crippen LogP contribution in [0.1, 0.15) is 18.1 Å². The predicted octanol–water partition coefficient (Wildman–Crippen LogP) is 4.22. The fourth-order valence-corrected chi connectivity index (χ4v) is 3.97. The van der Waals surface area contributed by atoms with Gasteiger partial charge in [0.15, 0.2) is 0 Å². The number of anilines is 5. The molecule has 0 radical (unpaired) electrons. The molecule has 39 heavy (non-hydrogen) atoms. The van der Waals surface area contributed by atoms with Crippen LogP contribution in [-0.4, -0.2) is 51.8 Å². The molecule has 1 amide bonds. The third-order valence-electron chi connectivity index (χ3n) is 5.44. The van der Waals surface area contributed by atoms with Gasteiger partial charge in [-0.1, -0.05) is 6.07 Å². The molecule has 0 fully saturated rings. The van der Waals surface area contributed by atoms with E-state index < -0.39 is 27.6 Å². The van der Waals surface area contributed by atoms with E-state index in [9.17, 15) is 26.4 Å². The Morgan fingerprint density at radius 2 is 1.82 bits per heavy atom. The number of rotatable bonds is 10. The van der Waals surface area contributed by atoms with Gasteiger partial charge in [-0.3, -0.25) is 9.10 Å². The number of carbonyl (C=O) groups excluding carboxylic acids is 1. The highest BCUT2D eigenvalue weighted by molar-refractivity contribution is 7.92. The molecule has 11 nitrogen and oxygen atoms in total. The van der Waals surface area contributed by atoms with E-state index in [4.69, 9.17) is 9.47 Å².